The maximum Gasteiger partial charge on any atom is 0.261 e. The molecule has 10 heteroatoms. The van der Waals surface area contributed by atoms with Gasteiger partial charge in [0.2, 0.25) is 10.0 Å². The van der Waals surface area contributed by atoms with Crippen molar-refractivity contribution in [1.82, 2.24) is 5.32 Å². The van der Waals surface area contributed by atoms with Crippen LogP contribution in [0.3, 0.4) is 0 Å². The number of fused-ring (bicyclic) bond motifs is 1. The third-order valence-electron chi connectivity index (χ3n) is 5.07. The highest BCUT2D eigenvalue weighted by Gasteiger charge is 2.26. The molecular weight excluding hydrogens is 414 g/mol. The van der Waals surface area contributed by atoms with E-state index in [2.05, 4.69) is 10.0 Å². The minimum Gasteiger partial charge on any atom is -0.352 e. The number of carbonyl (C=O) groups is 1. The number of amides is 1. The molecule has 2 heterocycles. The first-order valence-electron chi connectivity index (χ1n) is 9.31. The van der Waals surface area contributed by atoms with Gasteiger partial charge in [0, 0.05) is 24.3 Å². The molecule has 2 N–H and O–H groups in total. The molecule has 0 saturated carbocycles. The fraction of sp³-hybridized carbons (Fsp3) is 0.316. The number of hydrogen-bond donors (Lipinski definition) is 2. The first-order chi connectivity index (χ1) is 13.8. The first-order valence-corrected chi connectivity index (χ1v) is 12.4. The lowest BCUT2D eigenvalue weighted by atomic mass is 10.00. The lowest BCUT2D eigenvalue weighted by Gasteiger charge is -2.28. The van der Waals surface area contributed by atoms with Crippen molar-refractivity contribution in [2.45, 2.75) is 24.2 Å². The third-order valence-corrected chi connectivity index (χ3v) is 8.34. The van der Waals surface area contributed by atoms with E-state index in [9.17, 15) is 21.6 Å². The standard InChI is InChI=1S/C19H21N3O5S2/c23-19-18-13-15(4-3-14(18)9-10-20-19)21-29(26,27)17-7-5-16(6-8-17)22-11-1-2-12-28(22,24)25/h3-8,13,21H,1-2,9-12H2,(H,20,23). The van der Waals surface area contributed by atoms with Gasteiger partial charge in [-0.3, -0.25) is 13.8 Å². The quantitative estimate of drug-likeness (QED) is 0.759. The Morgan fingerprint density at radius 3 is 2.52 bits per heavy atom. The van der Waals surface area contributed by atoms with Crippen molar-refractivity contribution in [1.29, 1.82) is 0 Å². The van der Waals surface area contributed by atoms with E-state index in [-0.39, 0.29) is 16.6 Å². The molecule has 0 spiro atoms. The Morgan fingerprint density at radius 1 is 1.03 bits per heavy atom. The zero-order chi connectivity index (χ0) is 20.6. The Hall–Kier alpha value is -2.59. The molecule has 2 aromatic rings. The predicted octanol–water partition coefficient (Wildman–Crippen LogP) is 1.70. The second-order valence-electron chi connectivity index (χ2n) is 7.07. The number of sulfonamides is 2. The van der Waals surface area contributed by atoms with Gasteiger partial charge in [0.05, 0.1) is 16.3 Å². The van der Waals surface area contributed by atoms with Crippen LogP contribution in [-0.2, 0) is 26.5 Å². The second-order valence-corrected chi connectivity index (χ2v) is 10.8. The van der Waals surface area contributed by atoms with Gasteiger partial charge < -0.3 is 5.32 Å². The third kappa shape index (κ3) is 3.95. The van der Waals surface area contributed by atoms with Crippen LogP contribution in [0.4, 0.5) is 11.4 Å². The Labute approximate surface area is 170 Å². The van der Waals surface area contributed by atoms with E-state index in [1.807, 2.05) is 0 Å². The van der Waals surface area contributed by atoms with Crippen molar-refractivity contribution >= 4 is 37.3 Å². The minimum atomic E-state index is -3.88. The van der Waals surface area contributed by atoms with Crippen LogP contribution in [0.25, 0.3) is 0 Å². The maximum absolute atomic E-state index is 12.7. The molecule has 8 nitrogen and oxygen atoms in total. The fourth-order valence-electron chi connectivity index (χ4n) is 3.56. The topological polar surface area (TPSA) is 113 Å². The van der Waals surface area contributed by atoms with Crippen molar-refractivity contribution < 1.29 is 21.6 Å². The van der Waals surface area contributed by atoms with Crippen LogP contribution in [0.5, 0.6) is 0 Å². The molecule has 0 atom stereocenters. The number of anilines is 2. The lowest BCUT2D eigenvalue weighted by Crippen LogP contribution is -2.37. The molecule has 2 aliphatic rings. The van der Waals surface area contributed by atoms with E-state index in [0.29, 0.717) is 42.9 Å². The molecule has 0 unspecified atom stereocenters. The number of rotatable bonds is 4. The SMILES string of the molecule is O=C1NCCc2ccc(NS(=O)(=O)c3ccc(N4CCCCS4(=O)=O)cc3)cc21. The second kappa shape index (κ2) is 7.34. The van der Waals surface area contributed by atoms with Crippen LogP contribution in [0.15, 0.2) is 47.4 Å². The van der Waals surface area contributed by atoms with E-state index >= 15 is 0 Å². The Balaban J connectivity index is 1.57. The molecule has 1 amide bonds. The summed E-state index contributed by atoms with van der Waals surface area (Å²) in [5.74, 6) is -0.125. The highest BCUT2D eigenvalue weighted by atomic mass is 32.2. The molecule has 0 radical (unpaired) electrons. The molecule has 1 fully saturated rings. The molecule has 2 aromatic carbocycles. The van der Waals surface area contributed by atoms with Gasteiger partial charge in [0.25, 0.3) is 15.9 Å². The summed E-state index contributed by atoms with van der Waals surface area (Å²) >= 11 is 0. The van der Waals surface area contributed by atoms with Gasteiger partial charge in [0.1, 0.15) is 0 Å². The van der Waals surface area contributed by atoms with E-state index < -0.39 is 20.0 Å². The maximum atomic E-state index is 12.7. The van der Waals surface area contributed by atoms with E-state index in [4.69, 9.17) is 0 Å². The van der Waals surface area contributed by atoms with Gasteiger partial charge in [0.15, 0.2) is 0 Å². The van der Waals surface area contributed by atoms with Crippen molar-refractivity contribution in [3.8, 4) is 0 Å². The summed E-state index contributed by atoms with van der Waals surface area (Å²) in [6.45, 7) is 0.958. The summed E-state index contributed by atoms with van der Waals surface area (Å²) in [5, 5.41) is 2.73. The average molecular weight is 436 g/mol. The molecule has 2 aliphatic heterocycles. The van der Waals surface area contributed by atoms with Crippen LogP contribution in [-0.4, -0.2) is 41.6 Å². The van der Waals surface area contributed by atoms with Crippen molar-refractivity contribution in [2.75, 3.05) is 27.9 Å². The summed E-state index contributed by atoms with van der Waals surface area (Å²) in [5.41, 5.74) is 2.09. The number of hydrogen-bond acceptors (Lipinski definition) is 5. The number of carbonyl (C=O) groups excluding carboxylic acids is 1. The molecule has 0 bridgehead atoms. The Morgan fingerprint density at radius 2 is 1.79 bits per heavy atom. The van der Waals surface area contributed by atoms with E-state index in [0.717, 1.165) is 12.0 Å². The first kappa shape index (κ1) is 19.7. The summed E-state index contributed by atoms with van der Waals surface area (Å²) in [6.07, 6.45) is 2.11. The summed E-state index contributed by atoms with van der Waals surface area (Å²) in [7, 11) is -7.24. The van der Waals surface area contributed by atoms with Crippen molar-refractivity contribution in [2.24, 2.45) is 0 Å². The van der Waals surface area contributed by atoms with Crippen LogP contribution < -0.4 is 14.3 Å². The van der Waals surface area contributed by atoms with Gasteiger partial charge in [-0.2, -0.15) is 0 Å². The van der Waals surface area contributed by atoms with E-state index in [1.165, 1.54) is 34.6 Å². The van der Waals surface area contributed by atoms with E-state index in [1.54, 1.807) is 12.1 Å². The van der Waals surface area contributed by atoms with Crippen molar-refractivity contribution in [3.05, 3.63) is 53.6 Å². The Kier molecular flexibility index (Phi) is 4.99. The number of nitrogens with zero attached hydrogens (tertiary/aromatic N) is 1. The molecule has 0 aliphatic carbocycles. The zero-order valence-corrected chi connectivity index (χ0v) is 17.2. The van der Waals surface area contributed by atoms with Gasteiger partial charge >= 0.3 is 0 Å². The Bertz CT molecular complexity index is 1160. The minimum absolute atomic E-state index is 0.0119. The lowest BCUT2D eigenvalue weighted by molar-refractivity contribution is 0.0946. The zero-order valence-electron chi connectivity index (χ0n) is 15.6. The van der Waals surface area contributed by atoms with Crippen molar-refractivity contribution in [3.63, 3.8) is 0 Å². The van der Waals surface area contributed by atoms with Gasteiger partial charge in [-0.15, -0.1) is 0 Å². The summed E-state index contributed by atoms with van der Waals surface area (Å²) < 4.78 is 53.7. The molecule has 0 aromatic heterocycles. The normalized spacial score (nSPS) is 18.6. The predicted molar refractivity (Wildman–Crippen MR) is 110 cm³/mol. The molecular formula is C19H21N3O5S2. The van der Waals surface area contributed by atoms with Gasteiger partial charge in [-0.1, -0.05) is 6.07 Å². The van der Waals surface area contributed by atoms with Gasteiger partial charge in [-0.25, -0.2) is 16.8 Å². The van der Waals surface area contributed by atoms with Crippen LogP contribution in [0.1, 0.15) is 28.8 Å². The summed E-state index contributed by atoms with van der Waals surface area (Å²) in [6, 6.07) is 10.7. The average Bonchev–Trinajstić information content (AvgIpc) is 2.68. The summed E-state index contributed by atoms with van der Waals surface area (Å²) in [4.78, 5) is 12.0. The molecule has 4 rings (SSSR count). The van der Waals surface area contributed by atoms with Crippen LogP contribution >= 0.6 is 0 Å². The molecule has 29 heavy (non-hydrogen) atoms. The van der Waals surface area contributed by atoms with Gasteiger partial charge in [-0.05, 0) is 61.2 Å². The smallest absolute Gasteiger partial charge is 0.261 e. The number of benzene rings is 2. The largest absolute Gasteiger partial charge is 0.352 e. The molecule has 1 saturated heterocycles. The van der Waals surface area contributed by atoms with Crippen LogP contribution in [0, 0.1) is 0 Å². The number of nitrogens with one attached hydrogen (secondary N) is 2. The highest BCUT2D eigenvalue weighted by Crippen LogP contribution is 2.26. The fourth-order valence-corrected chi connectivity index (χ4v) is 6.25. The molecule has 154 valence electrons. The monoisotopic (exact) mass is 435 g/mol. The van der Waals surface area contributed by atoms with Crippen LogP contribution in [0.2, 0.25) is 0 Å². The highest BCUT2D eigenvalue weighted by molar-refractivity contribution is 7.93.